The number of fused-ring (bicyclic) bond motifs is 1. The van der Waals surface area contributed by atoms with E-state index in [-0.39, 0.29) is 5.97 Å². The standard InChI is InChI=1S/C13H14BrNO2/c1-15-8-9(3-6-13(16)17-2)11-7-10(14)4-5-12(11)15/h4-5,7-8H,3,6H2,1-2H3. The zero-order valence-corrected chi connectivity index (χ0v) is 11.5. The van der Waals surface area contributed by atoms with Crippen molar-refractivity contribution in [1.82, 2.24) is 4.57 Å². The van der Waals surface area contributed by atoms with E-state index in [1.54, 1.807) is 0 Å². The molecule has 0 amide bonds. The Bertz CT molecular complexity index is 560. The van der Waals surface area contributed by atoms with E-state index < -0.39 is 0 Å². The average Bonchev–Trinajstić information content (AvgIpc) is 2.62. The van der Waals surface area contributed by atoms with E-state index in [1.807, 2.05) is 13.1 Å². The second-order valence-electron chi connectivity index (χ2n) is 4.00. The van der Waals surface area contributed by atoms with Gasteiger partial charge in [-0.3, -0.25) is 4.79 Å². The minimum absolute atomic E-state index is 0.169. The fourth-order valence-corrected chi connectivity index (χ4v) is 2.34. The van der Waals surface area contributed by atoms with E-state index in [2.05, 4.69) is 43.6 Å². The Morgan fingerprint density at radius 1 is 1.47 bits per heavy atom. The normalized spacial score (nSPS) is 10.8. The van der Waals surface area contributed by atoms with Crippen molar-refractivity contribution in [3.8, 4) is 0 Å². The second-order valence-corrected chi connectivity index (χ2v) is 4.92. The Morgan fingerprint density at radius 3 is 2.94 bits per heavy atom. The summed E-state index contributed by atoms with van der Waals surface area (Å²) in [5.41, 5.74) is 2.35. The van der Waals surface area contributed by atoms with Gasteiger partial charge < -0.3 is 9.30 Å². The van der Waals surface area contributed by atoms with E-state index >= 15 is 0 Å². The Labute approximate surface area is 108 Å². The first-order chi connectivity index (χ1) is 8.11. The van der Waals surface area contributed by atoms with Gasteiger partial charge in [0.2, 0.25) is 0 Å². The van der Waals surface area contributed by atoms with Crippen LogP contribution in [0.3, 0.4) is 0 Å². The summed E-state index contributed by atoms with van der Waals surface area (Å²) < 4.78 is 7.79. The summed E-state index contributed by atoms with van der Waals surface area (Å²) in [5.74, 6) is -0.169. The quantitative estimate of drug-likeness (QED) is 0.815. The molecule has 0 unspecified atom stereocenters. The summed E-state index contributed by atoms with van der Waals surface area (Å²) in [6.45, 7) is 0. The summed E-state index contributed by atoms with van der Waals surface area (Å²) in [4.78, 5) is 11.2. The zero-order valence-electron chi connectivity index (χ0n) is 9.87. The molecule has 0 aliphatic heterocycles. The Morgan fingerprint density at radius 2 is 2.24 bits per heavy atom. The highest BCUT2D eigenvalue weighted by molar-refractivity contribution is 9.10. The zero-order chi connectivity index (χ0) is 12.4. The third kappa shape index (κ3) is 2.52. The number of benzene rings is 1. The first-order valence-corrected chi connectivity index (χ1v) is 6.21. The Hall–Kier alpha value is -1.29. The lowest BCUT2D eigenvalue weighted by atomic mass is 10.1. The third-order valence-electron chi connectivity index (χ3n) is 2.86. The number of carbonyl (C=O) groups is 1. The number of aryl methyl sites for hydroxylation is 2. The predicted molar refractivity (Wildman–Crippen MR) is 71.0 cm³/mol. The van der Waals surface area contributed by atoms with Crippen molar-refractivity contribution in [3.05, 3.63) is 34.4 Å². The summed E-state index contributed by atoms with van der Waals surface area (Å²) in [5, 5.41) is 1.19. The molecule has 0 spiro atoms. The van der Waals surface area contributed by atoms with Crippen molar-refractivity contribution < 1.29 is 9.53 Å². The highest BCUT2D eigenvalue weighted by Gasteiger charge is 2.09. The largest absolute Gasteiger partial charge is 0.469 e. The van der Waals surface area contributed by atoms with Crippen LogP contribution in [0.4, 0.5) is 0 Å². The molecule has 1 heterocycles. The van der Waals surface area contributed by atoms with Gasteiger partial charge in [-0.2, -0.15) is 0 Å². The molecule has 3 nitrogen and oxygen atoms in total. The molecule has 0 bridgehead atoms. The monoisotopic (exact) mass is 295 g/mol. The number of carbonyl (C=O) groups excluding carboxylic acids is 1. The number of hydrogen-bond acceptors (Lipinski definition) is 2. The molecule has 0 saturated carbocycles. The molecule has 1 aromatic heterocycles. The molecule has 1 aromatic carbocycles. The first-order valence-electron chi connectivity index (χ1n) is 5.42. The maximum Gasteiger partial charge on any atom is 0.305 e. The molecule has 0 saturated heterocycles. The smallest absolute Gasteiger partial charge is 0.305 e. The molecule has 0 fully saturated rings. The minimum Gasteiger partial charge on any atom is -0.469 e. The van der Waals surface area contributed by atoms with Crippen LogP contribution in [0.5, 0.6) is 0 Å². The van der Waals surface area contributed by atoms with Gasteiger partial charge in [0.1, 0.15) is 0 Å². The van der Waals surface area contributed by atoms with Gasteiger partial charge >= 0.3 is 5.97 Å². The molecular weight excluding hydrogens is 282 g/mol. The number of esters is 1. The molecule has 17 heavy (non-hydrogen) atoms. The fraction of sp³-hybridized carbons (Fsp3) is 0.308. The van der Waals surface area contributed by atoms with Gasteiger partial charge in [0.25, 0.3) is 0 Å². The molecule has 0 aliphatic rings. The van der Waals surface area contributed by atoms with Crippen LogP contribution in [0, 0.1) is 0 Å². The average molecular weight is 296 g/mol. The van der Waals surface area contributed by atoms with Crippen molar-refractivity contribution in [2.45, 2.75) is 12.8 Å². The lowest BCUT2D eigenvalue weighted by Crippen LogP contribution is -2.01. The van der Waals surface area contributed by atoms with Crippen molar-refractivity contribution in [3.63, 3.8) is 0 Å². The van der Waals surface area contributed by atoms with E-state index in [0.29, 0.717) is 12.8 Å². The lowest BCUT2D eigenvalue weighted by Gasteiger charge is -1.99. The van der Waals surface area contributed by atoms with E-state index in [1.165, 1.54) is 23.6 Å². The number of rotatable bonds is 3. The van der Waals surface area contributed by atoms with Crippen LogP contribution in [-0.4, -0.2) is 17.6 Å². The topological polar surface area (TPSA) is 31.2 Å². The van der Waals surface area contributed by atoms with Gasteiger partial charge in [-0.15, -0.1) is 0 Å². The van der Waals surface area contributed by atoms with Gasteiger partial charge in [0.05, 0.1) is 7.11 Å². The minimum atomic E-state index is -0.169. The van der Waals surface area contributed by atoms with Gasteiger partial charge in [-0.25, -0.2) is 0 Å². The highest BCUT2D eigenvalue weighted by Crippen LogP contribution is 2.25. The molecule has 0 aliphatic carbocycles. The van der Waals surface area contributed by atoms with Gasteiger partial charge in [0.15, 0.2) is 0 Å². The highest BCUT2D eigenvalue weighted by atomic mass is 79.9. The molecule has 0 N–H and O–H groups in total. The Balaban J connectivity index is 2.34. The summed E-state index contributed by atoms with van der Waals surface area (Å²) in [6.07, 6.45) is 3.20. The van der Waals surface area contributed by atoms with Crippen molar-refractivity contribution in [1.29, 1.82) is 0 Å². The molecule has 0 atom stereocenters. The number of nitrogens with zero attached hydrogens (tertiary/aromatic N) is 1. The van der Waals surface area contributed by atoms with Crippen LogP contribution in [-0.2, 0) is 23.0 Å². The first kappa shape index (κ1) is 12.2. The van der Waals surface area contributed by atoms with Crippen LogP contribution >= 0.6 is 15.9 Å². The number of halogens is 1. The van der Waals surface area contributed by atoms with Crippen LogP contribution in [0.2, 0.25) is 0 Å². The summed E-state index contributed by atoms with van der Waals surface area (Å²) in [6, 6.07) is 6.18. The van der Waals surface area contributed by atoms with Gasteiger partial charge in [0, 0.05) is 35.0 Å². The van der Waals surface area contributed by atoms with Crippen molar-refractivity contribution >= 4 is 32.8 Å². The number of methoxy groups -OCH3 is 1. The van der Waals surface area contributed by atoms with Crippen LogP contribution < -0.4 is 0 Å². The predicted octanol–water partition coefficient (Wildman–Crippen LogP) is 3.05. The molecular formula is C13H14BrNO2. The number of ether oxygens (including phenoxy) is 1. The van der Waals surface area contributed by atoms with E-state index in [9.17, 15) is 4.79 Å². The van der Waals surface area contributed by atoms with Crippen molar-refractivity contribution in [2.75, 3.05) is 7.11 Å². The van der Waals surface area contributed by atoms with Gasteiger partial charge in [-0.1, -0.05) is 15.9 Å². The molecule has 2 rings (SSSR count). The van der Waals surface area contributed by atoms with E-state index in [4.69, 9.17) is 0 Å². The fourth-order valence-electron chi connectivity index (χ4n) is 1.98. The maximum absolute atomic E-state index is 11.2. The molecule has 2 aromatic rings. The number of hydrogen-bond donors (Lipinski definition) is 0. The molecule has 90 valence electrons. The third-order valence-corrected chi connectivity index (χ3v) is 3.35. The number of aromatic nitrogens is 1. The summed E-state index contributed by atoms with van der Waals surface area (Å²) in [7, 11) is 3.43. The second kappa shape index (κ2) is 4.92. The summed E-state index contributed by atoms with van der Waals surface area (Å²) >= 11 is 3.47. The SMILES string of the molecule is COC(=O)CCc1cn(C)c2ccc(Br)cc12. The van der Waals surface area contributed by atoms with Crippen LogP contribution in [0.15, 0.2) is 28.9 Å². The maximum atomic E-state index is 11.2. The molecule has 4 heteroatoms. The van der Waals surface area contributed by atoms with E-state index in [0.717, 1.165) is 4.47 Å². The van der Waals surface area contributed by atoms with Crippen molar-refractivity contribution in [2.24, 2.45) is 7.05 Å². The van der Waals surface area contributed by atoms with Crippen LogP contribution in [0.25, 0.3) is 10.9 Å². The van der Waals surface area contributed by atoms with Crippen LogP contribution in [0.1, 0.15) is 12.0 Å². The molecule has 0 radical (unpaired) electrons. The van der Waals surface area contributed by atoms with Gasteiger partial charge in [-0.05, 0) is 30.2 Å². The Kier molecular flexibility index (Phi) is 3.52. The lowest BCUT2D eigenvalue weighted by molar-refractivity contribution is -0.140.